The fourth-order valence-electron chi connectivity index (χ4n) is 0.342. The summed E-state index contributed by atoms with van der Waals surface area (Å²) in [5.74, 6) is 0. The van der Waals surface area contributed by atoms with Crippen LogP contribution in [0.25, 0.3) is 0 Å². The summed E-state index contributed by atoms with van der Waals surface area (Å²) >= 11 is 0. The van der Waals surface area contributed by atoms with Crippen molar-refractivity contribution in [1.29, 1.82) is 0 Å². The van der Waals surface area contributed by atoms with Crippen LogP contribution in [0.3, 0.4) is 0 Å². The molecule has 1 rings (SSSR count). The van der Waals surface area contributed by atoms with E-state index in [1.165, 1.54) is 0 Å². The molecule has 1 aromatic carbocycles. The van der Waals surface area contributed by atoms with Gasteiger partial charge in [-0.05, 0) is 0 Å². The van der Waals surface area contributed by atoms with Gasteiger partial charge in [-0.15, -0.1) is 0 Å². The second-order valence-electron chi connectivity index (χ2n) is 1.08. The van der Waals surface area contributed by atoms with Crippen molar-refractivity contribution < 1.29 is 51.0 Å². The summed E-state index contributed by atoms with van der Waals surface area (Å²) in [5.41, 5.74) is 0. The van der Waals surface area contributed by atoms with E-state index in [2.05, 4.69) is 6.07 Å². The second-order valence-corrected chi connectivity index (χ2v) is 1.08. The third-order valence-corrected chi connectivity index (χ3v) is 0.607. The summed E-state index contributed by atoms with van der Waals surface area (Å²) < 4.78 is 0. The van der Waals surface area contributed by atoms with E-state index < -0.39 is 0 Å². The van der Waals surface area contributed by atoms with Gasteiger partial charge < -0.3 is 24.8 Å². The maximum Gasteiger partial charge on any atom is 3.00 e. The summed E-state index contributed by atoms with van der Waals surface area (Å²) in [6.45, 7) is 0. The zero-order valence-corrected chi connectivity index (χ0v) is 8.61. The molecule has 0 spiro atoms. The van der Waals surface area contributed by atoms with Gasteiger partial charge in [-0.2, -0.15) is 36.4 Å². The molecule has 0 bridgehead atoms. The first-order valence-corrected chi connectivity index (χ1v) is 1.91. The van der Waals surface area contributed by atoms with E-state index in [1.54, 1.807) is 0 Å². The van der Waals surface area contributed by atoms with Gasteiger partial charge >= 0.3 is 26.2 Å². The molecule has 0 unspecified atom stereocenters. The summed E-state index contributed by atoms with van der Waals surface area (Å²) in [5, 5.41) is 0. The Balaban J connectivity index is -0.000000120. The molecule has 0 saturated carbocycles. The van der Waals surface area contributed by atoms with Crippen molar-refractivity contribution in [3.8, 4) is 0 Å². The molecular weight excluding hydrogens is 234 g/mol. The molecule has 0 fully saturated rings. The molecule has 0 saturated heterocycles. The third-order valence-electron chi connectivity index (χ3n) is 0.607. The van der Waals surface area contributed by atoms with Crippen LogP contribution in [0.15, 0.2) is 30.3 Å². The Bertz CT molecular complexity index is 83.0. The van der Waals surface area contributed by atoms with Gasteiger partial charge in [0.2, 0.25) is 0 Å². The molecule has 0 aliphatic heterocycles. The van der Waals surface area contributed by atoms with Crippen molar-refractivity contribution in [2.24, 2.45) is 0 Å². The minimum Gasteiger partial charge on any atom is -1.00 e. The molecule has 0 nitrogen and oxygen atoms in total. The fourth-order valence-corrected chi connectivity index (χ4v) is 0.342. The Hall–Kier alpha value is 0.683. The standard InChI is InChI=1S/C6H5.2ClH.Zr/c1-2-4-6-5-3-1;;;/h1-5H;2*1H;/q-1;;;+3/p-2. The number of hydrogen-bond donors (Lipinski definition) is 0. The summed E-state index contributed by atoms with van der Waals surface area (Å²) in [6.07, 6.45) is 0. The quantitative estimate of drug-likeness (QED) is 0.400. The Labute approximate surface area is 87.0 Å². The molecule has 3 heteroatoms. The van der Waals surface area contributed by atoms with Crippen LogP contribution in [0.5, 0.6) is 0 Å². The predicted octanol–water partition coefficient (Wildman–Crippen LogP) is -4.51. The maximum absolute atomic E-state index is 2.89. The van der Waals surface area contributed by atoms with Crippen molar-refractivity contribution in [2.45, 2.75) is 0 Å². The van der Waals surface area contributed by atoms with Crippen molar-refractivity contribution >= 4 is 0 Å². The van der Waals surface area contributed by atoms with Crippen LogP contribution in [-0.4, -0.2) is 0 Å². The van der Waals surface area contributed by atoms with E-state index in [0.717, 1.165) is 0 Å². The van der Waals surface area contributed by atoms with Crippen molar-refractivity contribution in [3.05, 3.63) is 36.4 Å². The monoisotopic (exact) mass is 237 g/mol. The topological polar surface area (TPSA) is 0 Å². The van der Waals surface area contributed by atoms with Crippen molar-refractivity contribution in [1.82, 2.24) is 0 Å². The van der Waals surface area contributed by atoms with Gasteiger partial charge in [0.05, 0.1) is 0 Å². The van der Waals surface area contributed by atoms with Crippen LogP contribution in [0.1, 0.15) is 0 Å². The van der Waals surface area contributed by atoms with E-state index in [0.29, 0.717) is 0 Å². The molecular formula is C6H5Cl2Zr. The van der Waals surface area contributed by atoms with Crippen LogP contribution in [-0.2, 0) is 26.2 Å². The summed E-state index contributed by atoms with van der Waals surface area (Å²) in [4.78, 5) is 0. The second kappa shape index (κ2) is 11.5. The zero-order valence-electron chi connectivity index (χ0n) is 4.64. The number of halogens is 2. The van der Waals surface area contributed by atoms with Crippen molar-refractivity contribution in [3.63, 3.8) is 0 Å². The Morgan fingerprint density at radius 3 is 1.33 bits per heavy atom. The van der Waals surface area contributed by atoms with E-state index in [1.807, 2.05) is 30.3 Å². The Morgan fingerprint density at radius 1 is 0.778 bits per heavy atom. The Morgan fingerprint density at radius 2 is 1.22 bits per heavy atom. The van der Waals surface area contributed by atoms with Crippen LogP contribution < -0.4 is 24.8 Å². The van der Waals surface area contributed by atoms with Crippen LogP contribution >= 0.6 is 0 Å². The molecule has 0 aromatic heterocycles. The van der Waals surface area contributed by atoms with Gasteiger partial charge in [-0.25, -0.2) is 0 Å². The fraction of sp³-hybridized carbons (Fsp3) is 0. The molecule has 0 atom stereocenters. The molecule has 1 aromatic rings. The van der Waals surface area contributed by atoms with Gasteiger partial charge in [-0.1, -0.05) is 0 Å². The van der Waals surface area contributed by atoms with Crippen LogP contribution in [0, 0.1) is 6.07 Å². The van der Waals surface area contributed by atoms with E-state index >= 15 is 0 Å². The molecule has 47 valence electrons. The molecule has 9 heavy (non-hydrogen) atoms. The van der Waals surface area contributed by atoms with E-state index in [9.17, 15) is 0 Å². The molecule has 1 radical (unpaired) electrons. The minimum absolute atomic E-state index is 0. The molecule has 0 N–H and O–H groups in total. The largest absolute Gasteiger partial charge is 3.00 e. The van der Waals surface area contributed by atoms with Gasteiger partial charge in [0.25, 0.3) is 0 Å². The zero-order chi connectivity index (χ0) is 4.24. The van der Waals surface area contributed by atoms with Crippen LogP contribution in [0.4, 0.5) is 0 Å². The number of benzene rings is 1. The van der Waals surface area contributed by atoms with Gasteiger partial charge in [0.1, 0.15) is 0 Å². The van der Waals surface area contributed by atoms with Gasteiger partial charge in [0, 0.05) is 0 Å². The molecule has 0 amide bonds. The van der Waals surface area contributed by atoms with E-state index in [-0.39, 0.29) is 51.0 Å². The predicted molar refractivity (Wildman–Crippen MR) is 25.3 cm³/mol. The third kappa shape index (κ3) is 8.68. The first-order chi connectivity index (χ1) is 3.00. The van der Waals surface area contributed by atoms with Gasteiger partial charge in [-0.3, -0.25) is 0 Å². The number of hydrogen-bond acceptors (Lipinski definition) is 0. The average Bonchev–Trinajstić information content (AvgIpc) is 1.72. The summed E-state index contributed by atoms with van der Waals surface area (Å²) in [7, 11) is 0. The minimum atomic E-state index is 0. The molecule has 0 aliphatic rings. The first kappa shape index (κ1) is 16.3. The smallest absolute Gasteiger partial charge is 1.00 e. The molecule has 0 aliphatic carbocycles. The molecule has 0 heterocycles. The average molecular weight is 239 g/mol. The summed E-state index contributed by atoms with van der Waals surface area (Å²) in [6, 6.07) is 12.5. The van der Waals surface area contributed by atoms with E-state index in [4.69, 9.17) is 0 Å². The van der Waals surface area contributed by atoms with Crippen molar-refractivity contribution in [2.75, 3.05) is 0 Å². The Kier molecular flexibility index (Phi) is 20.8. The van der Waals surface area contributed by atoms with Crippen LogP contribution in [0.2, 0.25) is 0 Å². The number of rotatable bonds is 0. The van der Waals surface area contributed by atoms with Gasteiger partial charge in [0.15, 0.2) is 0 Å². The maximum atomic E-state index is 2.89. The first-order valence-electron chi connectivity index (χ1n) is 1.91. The normalized spacial score (nSPS) is 5.33. The SMILES string of the molecule is [Cl-].[Cl-].[Zr+3].[c-]1ccccc1.